The zero-order valence-corrected chi connectivity index (χ0v) is 11.2. The quantitative estimate of drug-likeness (QED) is 0.892. The third kappa shape index (κ3) is 3.45. The Hall–Kier alpha value is -2.62. The van der Waals surface area contributed by atoms with E-state index in [-0.39, 0.29) is 18.2 Å². The van der Waals surface area contributed by atoms with Crippen LogP contribution < -0.4 is 11.1 Å². The van der Waals surface area contributed by atoms with Crippen molar-refractivity contribution in [3.8, 4) is 0 Å². The molecule has 0 aliphatic rings. The Labute approximate surface area is 117 Å². The number of carbonyl (C=O) groups excluding carboxylic acids is 2. The zero-order valence-electron chi connectivity index (χ0n) is 11.2. The minimum atomic E-state index is -0.373. The van der Waals surface area contributed by atoms with Crippen molar-refractivity contribution >= 4 is 17.5 Å². The summed E-state index contributed by atoms with van der Waals surface area (Å²) < 4.78 is 0. The number of hydrogen-bond acceptors (Lipinski definition) is 2. The fraction of sp³-hybridized carbons (Fsp3) is 0.125. The molecule has 0 saturated carbocycles. The number of benzene rings is 2. The summed E-state index contributed by atoms with van der Waals surface area (Å²) in [6.45, 7) is 1.89. The zero-order chi connectivity index (χ0) is 14.5. The van der Waals surface area contributed by atoms with E-state index < -0.39 is 0 Å². The lowest BCUT2D eigenvalue weighted by Crippen LogP contribution is -2.14. The topological polar surface area (TPSA) is 72.2 Å². The van der Waals surface area contributed by atoms with Crippen LogP contribution >= 0.6 is 0 Å². The Bertz CT molecular complexity index is 633. The van der Waals surface area contributed by atoms with Crippen LogP contribution in [-0.2, 0) is 11.2 Å². The van der Waals surface area contributed by atoms with Gasteiger partial charge >= 0.3 is 0 Å². The maximum atomic E-state index is 12.1. The minimum absolute atomic E-state index is 0.147. The summed E-state index contributed by atoms with van der Waals surface area (Å²) in [5.74, 6) is -0.521. The van der Waals surface area contributed by atoms with Crippen LogP contribution in [0.25, 0.3) is 0 Å². The molecule has 2 aromatic carbocycles. The van der Waals surface area contributed by atoms with Gasteiger partial charge in [-0.15, -0.1) is 0 Å². The number of nitrogens with one attached hydrogen (secondary N) is 1. The van der Waals surface area contributed by atoms with Crippen LogP contribution in [0.15, 0.2) is 48.5 Å². The Kier molecular flexibility index (Phi) is 4.15. The minimum Gasteiger partial charge on any atom is -0.369 e. The van der Waals surface area contributed by atoms with Gasteiger partial charge in [-0.3, -0.25) is 9.59 Å². The van der Waals surface area contributed by atoms with Gasteiger partial charge in [-0.05, 0) is 36.2 Å². The lowest BCUT2D eigenvalue weighted by molar-refractivity contribution is -0.117. The van der Waals surface area contributed by atoms with Crippen LogP contribution in [0.5, 0.6) is 0 Å². The van der Waals surface area contributed by atoms with Crippen molar-refractivity contribution in [3.63, 3.8) is 0 Å². The average Bonchev–Trinajstić information content (AvgIpc) is 2.41. The molecule has 20 heavy (non-hydrogen) atoms. The molecule has 2 amide bonds. The first kappa shape index (κ1) is 13.8. The largest absolute Gasteiger partial charge is 0.369 e. The van der Waals surface area contributed by atoms with Gasteiger partial charge in [-0.1, -0.05) is 30.3 Å². The molecule has 102 valence electrons. The van der Waals surface area contributed by atoms with E-state index in [2.05, 4.69) is 5.32 Å². The first-order chi connectivity index (χ1) is 9.56. The molecule has 0 radical (unpaired) electrons. The van der Waals surface area contributed by atoms with Gasteiger partial charge in [0.1, 0.15) is 0 Å². The van der Waals surface area contributed by atoms with E-state index in [9.17, 15) is 9.59 Å². The molecule has 4 nitrogen and oxygen atoms in total. The van der Waals surface area contributed by atoms with Crippen LogP contribution in [0.2, 0.25) is 0 Å². The van der Waals surface area contributed by atoms with Gasteiger partial charge in [0.2, 0.25) is 5.91 Å². The molecule has 0 atom stereocenters. The standard InChI is InChI=1S/C16H16N2O2/c1-11-4-2-3-5-14(11)16(20)18-13-8-6-12(7-9-13)10-15(17)19/h2-9H,10H2,1H3,(H2,17,19)(H,18,20). The molecule has 0 unspecified atom stereocenters. The maximum absolute atomic E-state index is 12.1. The first-order valence-corrected chi connectivity index (χ1v) is 6.30. The van der Waals surface area contributed by atoms with Crippen molar-refractivity contribution < 1.29 is 9.59 Å². The molecule has 0 aromatic heterocycles. The highest BCUT2D eigenvalue weighted by Crippen LogP contribution is 2.13. The van der Waals surface area contributed by atoms with Crippen molar-refractivity contribution in [2.75, 3.05) is 5.32 Å². The maximum Gasteiger partial charge on any atom is 0.255 e. The molecule has 0 fully saturated rings. The number of amides is 2. The van der Waals surface area contributed by atoms with Gasteiger partial charge in [0.25, 0.3) is 5.91 Å². The Morgan fingerprint density at radius 3 is 2.30 bits per heavy atom. The molecular formula is C16H16N2O2. The number of aryl methyl sites for hydroxylation is 1. The fourth-order valence-corrected chi connectivity index (χ4v) is 1.93. The van der Waals surface area contributed by atoms with Crippen LogP contribution in [0.3, 0.4) is 0 Å². The van der Waals surface area contributed by atoms with Crippen molar-refractivity contribution in [1.82, 2.24) is 0 Å². The number of nitrogens with two attached hydrogens (primary N) is 1. The summed E-state index contributed by atoms with van der Waals surface area (Å²) in [5.41, 5.74) is 8.21. The summed E-state index contributed by atoms with van der Waals surface area (Å²) in [6, 6.07) is 14.5. The summed E-state index contributed by atoms with van der Waals surface area (Å²) in [5, 5.41) is 2.82. The highest BCUT2D eigenvalue weighted by Gasteiger charge is 2.08. The molecular weight excluding hydrogens is 252 g/mol. The summed E-state index contributed by atoms with van der Waals surface area (Å²) in [6.07, 6.45) is 0.200. The Morgan fingerprint density at radius 2 is 1.70 bits per heavy atom. The summed E-state index contributed by atoms with van der Waals surface area (Å²) in [4.78, 5) is 22.9. The van der Waals surface area contributed by atoms with E-state index >= 15 is 0 Å². The smallest absolute Gasteiger partial charge is 0.255 e. The number of carbonyl (C=O) groups is 2. The normalized spacial score (nSPS) is 10.1. The van der Waals surface area contributed by atoms with Crippen molar-refractivity contribution in [2.45, 2.75) is 13.3 Å². The second kappa shape index (κ2) is 6.02. The van der Waals surface area contributed by atoms with Crippen molar-refractivity contribution in [1.29, 1.82) is 0 Å². The van der Waals surface area contributed by atoms with E-state index in [1.165, 1.54) is 0 Å². The molecule has 0 heterocycles. The monoisotopic (exact) mass is 268 g/mol. The first-order valence-electron chi connectivity index (χ1n) is 6.30. The summed E-state index contributed by atoms with van der Waals surface area (Å²) in [7, 11) is 0. The lowest BCUT2D eigenvalue weighted by atomic mass is 10.1. The lowest BCUT2D eigenvalue weighted by Gasteiger charge is -2.08. The number of rotatable bonds is 4. The predicted octanol–water partition coefficient (Wildman–Crippen LogP) is 2.28. The van der Waals surface area contributed by atoms with Crippen LogP contribution in [0, 0.1) is 6.92 Å². The molecule has 2 rings (SSSR count). The van der Waals surface area contributed by atoms with Gasteiger partial charge in [0.05, 0.1) is 6.42 Å². The van der Waals surface area contributed by atoms with Crippen LogP contribution in [0.1, 0.15) is 21.5 Å². The van der Waals surface area contributed by atoms with E-state index in [1.54, 1.807) is 30.3 Å². The van der Waals surface area contributed by atoms with E-state index in [1.807, 2.05) is 25.1 Å². The second-order valence-electron chi connectivity index (χ2n) is 4.61. The summed E-state index contributed by atoms with van der Waals surface area (Å²) >= 11 is 0. The third-order valence-corrected chi connectivity index (χ3v) is 2.98. The van der Waals surface area contributed by atoms with Crippen LogP contribution in [-0.4, -0.2) is 11.8 Å². The van der Waals surface area contributed by atoms with Gasteiger partial charge in [-0.25, -0.2) is 0 Å². The Balaban J connectivity index is 2.09. The number of anilines is 1. The average molecular weight is 268 g/mol. The molecule has 0 aliphatic heterocycles. The van der Waals surface area contributed by atoms with Crippen LogP contribution in [0.4, 0.5) is 5.69 Å². The van der Waals surface area contributed by atoms with Gasteiger partial charge in [0, 0.05) is 11.3 Å². The van der Waals surface area contributed by atoms with E-state index in [0.717, 1.165) is 11.1 Å². The highest BCUT2D eigenvalue weighted by atomic mass is 16.2. The SMILES string of the molecule is Cc1ccccc1C(=O)Nc1ccc(CC(N)=O)cc1. The molecule has 4 heteroatoms. The predicted molar refractivity (Wildman–Crippen MR) is 78.5 cm³/mol. The van der Waals surface area contributed by atoms with E-state index in [0.29, 0.717) is 11.3 Å². The van der Waals surface area contributed by atoms with E-state index in [4.69, 9.17) is 5.73 Å². The number of primary amides is 1. The number of hydrogen-bond donors (Lipinski definition) is 2. The van der Waals surface area contributed by atoms with Crippen molar-refractivity contribution in [3.05, 3.63) is 65.2 Å². The third-order valence-electron chi connectivity index (χ3n) is 2.98. The molecule has 0 saturated heterocycles. The molecule has 0 bridgehead atoms. The molecule has 0 spiro atoms. The molecule has 3 N–H and O–H groups in total. The molecule has 0 aliphatic carbocycles. The van der Waals surface area contributed by atoms with Crippen molar-refractivity contribution in [2.24, 2.45) is 5.73 Å². The highest BCUT2D eigenvalue weighted by molar-refractivity contribution is 6.05. The Morgan fingerprint density at radius 1 is 1.05 bits per heavy atom. The van der Waals surface area contributed by atoms with Gasteiger partial charge in [0.15, 0.2) is 0 Å². The van der Waals surface area contributed by atoms with Gasteiger partial charge in [-0.2, -0.15) is 0 Å². The molecule has 2 aromatic rings. The second-order valence-corrected chi connectivity index (χ2v) is 4.61. The van der Waals surface area contributed by atoms with Gasteiger partial charge < -0.3 is 11.1 Å². The fourth-order valence-electron chi connectivity index (χ4n) is 1.93.